The molecule has 8 nitrogen and oxygen atoms in total. The SMILES string of the molecule is CCOc1ccc(-n2c(SCC(=O)NN=Cc3ccc(O)cc3)nnc2-c2ccccc2)cc1. The van der Waals surface area contributed by atoms with E-state index >= 15 is 0 Å². The zero-order chi connectivity index (χ0) is 23.8. The first-order valence-electron chi connectivity index (χ1n) is 10.6. The number of carbonyl (C=O) groups excluding carboxylic acids is 1. The number of aromatic hydroxyl groups is 1. The van der Waals surface area contributed by atoms with Crippen molar-refractivity contribution in [3.8, 4) is 28.6 Å². The Hall–Kier alpha value is -4.11. The summed E-state index contributed by atoms with van der Waals surface area (Å²) in [6.45, 7) is 2.53. The Balaban J connectivity index is 1.50. The molecule has 0 aliphatic heterocycles. The highest BCUT2D eigenvalue weighted by atomic mass is 32.2. The Morgan fingerprint density at radius 2 is 1.79 bits per heavy atom. The molecular formula is C25H23N5O3S. The quantitative estimate of drug-likeness (QED) is 0.214. The molecule has 1 amide bonds. The highest BCUT2D eigenvalue weighted by Crippen LogP contribution is 2.28. The predicted octanol–water partition coefficient (Wildman–Crippen LogP) is 4.28. The number of hydrazone groups is 1. The lowest BCUT2D eigenvalue weighted by atomic mass is 10.2. The molecular weight excluding hydrogens is 450 g/mol. The van der Waals surface area contributed by atoms with Gasteiger partial charge in [0.05, 0.1) is 18.6 Å². The van der Waals surface area contributed by atoms with E-state index in [1.807, 2.05) is 66.1 Å². The molecule has 34 heavy (non-hydrogen) atoms. The first-order valence-corrected chi connectivity index (χ1v) is 11.6. The van der Waals surface area contributed by atoms with Gasteiger partial charge in [-0.2, -0.15) is 5.10 Å². The molecule has 1 heterocycles. The fraction of sp³-hybridized carbons (Fsp3) is 0.120. The van der Waals surface area contributed by atoms with E-state index < -0.39 is 0 Å². The van der Waals surface area contributed by atoms with E-state index in [1.165, 1.54) is 18.0 Å². The van der Waals surface area contributed by atoms with Gasteiger partial charge in [0.2, 0.25) is 0 Å². The molecule has 0 saturated heterocycles. The molecule has 0 aliphatic rings. The van der Waals surface area contributed by atoms with Gasteiger partial charge in [-0.3, -0.25) is 9.36 Å². The number of amides is 1. The van der Waals surface area contributed by atoms with Crippen LogP contribution in [0.4, 0.5) is 0 Å². The molecule has 0 aliphatic carbocycles. The lowest BCUT2D eigenvalue weighted by Crippen LogP contribution is -2.20. The van der Waals surface area contributed by atoms with Crippen molar-refractivity contribution < 1.29 is 14.6 Å². The number of phenols is 1. The van der Waals surface area contributed by atoms with Gasteiger partial charge in [0.15, 0.2) is 11.0 Å². The van der Waals surface area contributed by atoms with Crippen LogP contribution in [0.25, 0.3) is 17.1 Å². The molecule has 9 heteroatoms. The number of ether oxygens (including phenoxy) is 1. The second-order valence-electron chi connectivity index (χ2n) is 7.11. The van der Waals surface area contributed by atoms with Crippen LogP contribution in [-0.2, 0) is 4.79 Å². The monoisotopic (exact) mass is 473 g/mol. The van der Waals surface area contributed by atoms with Crippen molar-refractivity contribution in [2.24, 2.45) is 5.10 Å². The molecule has 2 N–H and O–H groups in total. The average molecular weight is 474 g/mol. The van der Waals surface area contributed by atoms with Crippen LogP contribution in [0.5, 0.6) is 11.5 Å². The summed E-state index contributed by atoms with van der Waals surface area (Å²) in [5, 5.41) is 22.6. The number of hydrogen-bond acceptors (Lipinski definition) is 7. The molecule has 3 aromatic carbocycles. The number of aromatic nitrogens is 3. The van der Waals surface area contributed by atoms with E-state index in [0.29, 0.717) is 17.6 Å². The third-order valence-electron chi connectivity index (χ3n) is 4.70. The Kier molecular flexibility index (Phi) is 7.56. The van der Waals surface area contributed by atoms with Gasteiger partial charge in [-0.15, -0.1) is 10.2 Å². The number of carbonyl (C=O) groups is 1. The van der Waals surface area contributed by atoms with Gasteiger partial charge in [-0.1, -0.05) is 42.1 Å². The van der Waals surface area contributed by atoms with Crippen LogP contribution in [0.1, 0.15) is 12.5 Å². The van der Waals surface area contributed by atoms with Crippen LogP contribution in [0.3, 0.4) is 0 Å². The number of nitrogens with one attached hydrogen (secondary N) is 1. The van der Waals surface area contributed by atoms with Crippen molar-refractivity contribution in [3.63, 3.8) is 0 Å². The van der Waals surface area contributed by atoms with E-state index in [0.717, 1.165) is 22.6 Å². The van der Waals surface area contributed by atoms with Gasteiger partial charge >= 0.3 is 0 Å². The largest absolute Gasteiger partial charge is 0.508 e. The molecule has 0 spiro atoms. The molecule has 0 fully saturated rings. The van der Waals surface area contributed by atoms with Gasteiger partial charge in [0, 0.05) is 11.3 Å². The van der Waals surface area contributed by atoms with E-state index in [1.54, 1.807) is 24.3 Å². The molecule has 0 unspecified atom stereocenters. The van der Waals surface area contributed by atoms with Crippen molar-refractivity contribution in [3.05, 3.63) is 84.4 Å². The topological polar surface area (TPSA) is 102 Å². The molecule has 0 bridgehead atoms. The number of hydrogen-bond donors (Lipinski definition) is 2. The van der Waals surface area contributed by atoms with Crippen molar-refractivity contribution in [2.45, 2.75) is 12.1 Å². The van der Waals surface area contributed by atoms with Crippen LogP contribution in [0.2, 0.25) is 0 Å². The summed E-state index contributed by atoms with van der Waals surface area (Å²) in [5.74, 6) is 1.46. The molecule has 0 radical (unpaired) electrons. The summed E-state index contributed by atoms with van der Waals surface area (Å²) >= 11 is 1.27. The van der Waals surface area contributed by atoms with Crippen LogP contribution in [0.15, 0.2) is 89.1 Å². The minimum atomic E-state index is -0.275. The molecule has 0 saturated carbocycles. The lowest BCUT2D eigenvalue weighted by Gasteiger charge is -2.11. The molecule has 0 atom stereocenters. The molecule has 1 aromatic heterocycles. The van der Waals surface area contributed by atoms with E-state index in [2.05, 4.69) is 20.7 Å². The van der Waals surface area contributed by atoms with E-state index in [9.17, 15) is 9.90 Å². The van der Waals surface area contributed by atoms with E-state index in [-0.39, 0.29) is 17.4 Å². The van der Waals surface area contributed by atoms with Gasteiger partial charge < -0.3 is 9.84 Å². The predicted molar refractivity (Wildman–Crippen MR) is 133 cm³/mol. The van der Waals surface area contributed by atoms with Gasteiger partial charge in [-0.25, -0.2) is 5.43 Å². The summed E-state index contributed by atoms with van der Waals surface area (Å²) in [4.78, 5) is 12.3. The first-order chi connectivity index (χ1) is 16.6. The zero-order valence-electron chi connectivity index (χ0n) is 18.5. The standard InChI is InChI=1S/C25H23N5O3S/c1-2-33-22-14-10-20(11-15-22)30-24(19-6-4-3-5-7-19)28-29-25(30)34-17-23(32)27-26-16-18-8-12-21(31)13-9-18/h3-16,31H,2,17H2,1H3,(H,27,32). The van der Waals surface area contributed by atoms with Crippen molar-refractivity contribution >= 4 is 23.9 Å². The number of nitrogens with zero attached hydrogens (tertiary/aromatic N) is 4. The summed E-state index contributed by atoms with van der Waals surface area (Å²) < 4.78 is 7.47. The number of rotatable bonds is 9. The van der Waals surface area contributed by atoms with Crippen molar-refractivity contribution in [1.82, 2.24) is 20.2 Å². The van der Waals surface area contributed by atoms with Gasteiger partial charge in [0.1, 0.15) is 11.5 Å². The number of benzene rings is 3. The van der Waals surface area contributed by atoms with Crippen LogP contribution in [0, 0.1) is 0 Å². The summed E-state index contributed by atoms with van der Waals surface area (Å²) in [6.07, 6.45) is 1.51. The maximum absolute atomic E-state index is 12.3. The van der Waals surface area contributed by atoms with Gasteiger partial charge in [-0.05, 0) is 61.0 Å². The zero-order valence-corrected chi connectivity index (χ0v) is 19.3. The lowest BCUT2D eigenvalue weighted by molar-refractivity contribution is -0.118. The highest BCUT2D eigenvalue weighted by molar-refractivity contribution is 7.99. The van der Waals surface area contributed by atoms with Crippen LogP contribution >= 0.6 is 11.8 Å². The molecule has 4 aromatic rings. The molecule has 172 valence electrons. The van der Waals surface area contributed by atoms with Crippen LogP contribution < -0.4 is 10.2 Å². The Labute approximate surface area is 201 Å². The smallest absolute Gasteiger partial charge is 0.250 e. The minimum Gasteiger partial charge on any atom is -0.508 e. The van der Waals surface area contributed by atoms with Gasteiger partial charge in [0.25, 0.3) is 5.91 Å². The Morgan fingerprint density at radius 3 is 2.50 bits per heavy atom. The third kappa shape index (κ3) is 5.81. The second kappa shape index (κ2) is 11.2. The fourth-order valence-corrected chi connectivity index (χ4v) is 3.87. The number of thioether (sulfide) groups is 1. The third-order valence-corrected chi connectivity index (χ3v) is 5.63. The van der Waals surface area contributed by atoms with Crippen molar-refractivity contribution in [1.29, 1.82) is 0 Å². The maximum atomic E-state index is 12.3. The number of phenolic OH excluding ortho intramolecular Hbond substituents is 1. The molecule has 4 rings (SSSR count). The fourth-order valence-electron chi connectivity index (χ4n) is 3.13. The van der Waals surface area contributed by atoms with E-state index in [4.69, 9.17) is 4.74 Å². The minimum absolute atomic E-state index is 0.108. The summed E-state index contributed by atoms with van der Waals surface area (Å²) in [7, 11) is 0. The summed E-state index contributed by atoms with van der Waals surface area (Å²) in [6, 6.07) is 23.9. The second-order valence-corrected chi connectivity index (χ2v) is 8.05. The highest BCUT2D eigenvalue weighted by Gasteiger charge is 2.17. The maximum Gasteiger partial charge on any atom is 0.250 e. The normalized spacial score (nSPS) is 11.0. The Bertz CT molecular complexity index is 1260. The summed E-state index contributed by atoms with van der Waals surface area (Å²) in [5.41, 5.74) is 5.04. The van der Waals surface area contributed by atoms with Crippen LogP contribution in [-0.4, -0.2) is 44.4 Å². The average Bonchev–Trinajstić information content (AvgIpc) is 3.29. The first kappa shape index (κ1) is 23.1. The van der Waals surface area contributed by atoms with Crippen molar-refractivity contribution in [2.75, 3.05) is 12.4 Å². The Morgan fingerprint density at radius 1 is 1.06 bits per heavy atom.